The molecule has 81 valence electrons. The minimum Gasteiger partial charge on any atom is -0.184 e. The third kappa shape index (κ3) is 8.87. The van der Waals surface area contributed by atoms with Crippen LogP contribution >= 0.6 is 0 Å². The van der Waals surface area contributed by atoms with Gasteiger partial charge in [-0.1, -0.05) is 0 Å². The van der Waals surface area contributed by atoms with Gasteiger partial charge in [0, 0.05) is 5.75 Å². The molecule has 2 aromatic carbocycles. The quantitative estimate of drug-likeness (QED) is 0.724. The summed E-state index contributed by atoms with van der Waals surface area (Å²) in [6.07, 6.45) is 0. The van der Waals surface area contributed by atoms with Crippen LogP contribution in [-0.2, 0) is 19.5 Å². The zero-order valence-corrected chi connectivity index (χ0v) is 8.93. The first-order chi connectivity index (χ1) is 7.39. The molecule has 1 N–H and O–H groups in total. The van der Waals surface area contributed by atoms with Crippen molar-refractivity contribution in [3.8, 4) is 5.75 Å². The monoisotopic (exact) mass is 245 g/mol. The Labute approximate surface area is 97.4 Å². The number of hydrogen-bond donors (Lipinski definition) is 1. The summed E-state index contributed by atoms with van der Waals surface area (Å²) in [6, 6.07) is 21.8. The van der Waals surface area contributed by atoms with Crippen molar-refractivity contribution in [2.45, 2.75) is 0 Å². The summed E-state index contributed by atoms with van der Waals surface area (Å²) in [7, 11) is 0. The van der Waals surface area contributed by atoms with Gasteiger partial charge >= 0.3 is 19.5 Å². The second kappa shape index (κ2) is 10.6. The van der Waals surface area contributed by atoms with Gasteiger partial charge in [0.15, 0.2) is 0 Å². The van der Waals surface area contributed by atoms with Crippen molar-refractivity contribution in [1.29, 1.82) is 0 Å². The molecule has 0 aliphatic heterocycles. The van der Waals surface area contributed by atoms with Crippen LogP contribution in [0.3, 0.4) is 0 Å². The SMILES string of the molecule is Oc1cc[c-]cc1.[O]=[Co].[c-]1ccccc1. The number of benzene rings is 2. The first kappa shape index (κ1) is 13.5. The fraction of sp³-hybridized carbons (Fsp3) is 0. The van der Waals surface area contributed by atoms with E-state index in [1.54, 1.807) is 24.3 Å². The Morgan fingerprint density at radius 2 is 1.33 bits per heavy atom. The Morgan fingerprint density at radius 3 is 1.53 bits per heavy atom. The van der Waals surface area contributed by atoms with Gasteiger partial charge in [0.1, 0.15) is 0 Å². The smallest absolute Gasteiger partial charge is 0.171 e. The molecule has 0 aliphatic carbocycles. The number of hydrogen-bond acceptors (Lipinski definition) is 2. The molecule has 2 aromatic rings. The molecule has 0 fully saturated rings. The van der Waals surface area contributed by atoms with Gasteiger partial charge in [-0.25, -0.2) is 0 Å². The Bertz CT molecular complexity index is 297. The minimum absolute atomic E-state index is 0.291. The van der Waals surface area contributed by atoms with E-state index in [2.05, 4.69) is 27.8 Å². The van der Waals surface area contributed by atoms with Crippen molar-refractivity contribution in [2.24, 2.45) is 0 Å². The van der Waals surface area contributed by atoms with E-state index >= 15 is 0 Å². The van der Waals surface area contributed by atoms with Gasteiger partial charge in [0.05, 0.1) is 0 Å². The molecule has 0 saturated heterocycles. The topological polar surface area (TPSA) is 37.3 Å². The summed E-state index contributed by atoms with van der Waals surface area (Å²) in [5.41, 5.74) is 0. The van der Waals surface area contributed by atoms with Crippen molar-refractivity contribution >= 4 is 0 Å². The molecule has 0 aliphatic rings. The normalized spacial score (nSPS) is 7.53. The van der Waals surface area contributed by atoms with Gasteiger partial charge in [0.2, 0.25) is 0 Å². The first-order valence-corrected chi connectivity index (χ1v) is 4.52. The van der Waals surface area contributed by atoms with Gasteiger partial charge in [-0.05, 0) is 0 Å². The summed E-state index contributed by atoms with van der Waals surface area (Å²) < 4.78 is 7.94. The van der Waals surface area contributed by atoms with E-state index in [4.69, 9.17) is 8.97 Å². The Balaban J connectivity index is 0.000000227. The van der Waals surface area contributed by atoms with Crippen LogP contribution in [0.1, 0.15) is 0 Å². The molecular formula is C12H10CoO2-2. The molecule has 3 heteroatoms. The molecule has 0 aromatic heterocycles. The second-order valence-electron chi connectivity index (χ2n) is 2.34. The summed E-state index contributed by atoms with van der Waals surface area (Å²) in [5, 5.41) is 8.61. The fourth-order valence-corrected chi connectivity index (χ4v) is 0.720. The molecule has 0 radical (unpaired) electrons. The van der Waals surface area contributed by atoms with E-state index in [0.717, 1.165) is 0 Å². The molecule has 2 rings (SSSR count). The summed E-state index contributed by atoms with van der Waals surface area (Å²) >= 11 is 2.31. The van der Waals surface area contributed by atoms with E-state index in [0.29, 0.717) is 5.75 Å². The van der Waals surface area contributed by atoms with Crippen LogP contribution in [0, 0.1) is 12.1 Å². The van der Waals surface area contributed by atoms with Crippen molar-refractivity contribution in [1.82, 2.24) is 0 Å². The van der Waals surface area contributed by atoms with Crippen LogP contribution in [0.5, 0.6) is 5.75 Å². The van der Waals surface area contributed by atoms with Gasteiger partial charge in [-0.3, -0.25) is 0 Å². The van der Waals surface area contributed by atoms with Gasteiger partial charge in [-0.15, -0.1) is 12.1 Å². The summed E-state index contributed by atoms with van der Waals surface area (Å²) in [6.45, 7) is 0. The maximum absolute atomic E-state index is 8.61. The van der Waals surface area contributed by atoms with Gasteiger partial charge < -0.3 is 5.11 Å². The van der Waals surface area contributed by atoms with Crippen LogP contribution < -0.4 is 0 Å². The number of aromatic hydroxyl groups is 1. The predicted octanol–water partition coefficient (Wildman–Crippen LogP) is 2.56. The van der Waals surface area contributed by atoms with E-state index in [-0.39, 0.29) is 0 Å². The Kier molecular flexibility index (Phi) is 9.60. The molecule has 0 heterocycles. The molecule has 15 heavy (non-hydrogen) atoms. The zero-order chi connectivity index (χ0) is 11.4. The second-order valence-corrected chi connectivity index (χ2v) is 2.34. The van der Waals surface area contributed by atoms with Crippen LogP contribution in [0.15, 0.2) is 54.6 Å². The fourth-order valence-electron chi connectivity index (χ4n) is 0.720. The first-order valence-electron chi connectivity index (χ1n) is 4.09. The number of phenolic OH excluding ortho intramolecular Hbond substituents is 1. The van der Waals surface area contributed by atoms with Crippen molar-refractivity contribution in [2.75, 3.05) is 0 Å². The minimum atomic E-state index is 0.291. The molecule has 0 spiro atoms. The van der Waals surface area contributed by atoms with E-state index < -0.39 is 0 Å². The molecule has 0 saturated carbocycles. The average molecular weight is 245 g/mol. The maximum Gasteiger partial charge on any atom is -0.171 e. The van der Waals surface area contributed by atoms with Gasteiger partial charge in [0.25, 0.3) is 0 Å². The third-order valence-electron chi connectivity index (χ3n) is 1.31. The third-order valence-corrected chi connectivity index (χ3v) is 1.31. The predicted molar refractivity (Wildman–Crippen MR) is 52.9 cm³/mol. The van der Waals surface area contributed by atoms with Crippen LogP contribution in [0.25, 0.3) is 0 Å². The van der Waals surface area contributed by atoms with Crippen molar-refractivity contribution < 1.29 is 24.6 Å². The average Bonchev–Trinajstić information content (AvgIpc) is 2.36. The maximum atomic E-state index is 8.61. The van der Waals surface area contributed by atoms with Crippen LogP contribution in [0.4, 0.5) is 0 Å². The van der Waals surface area contributed by atoms with Crippen LogP contribution in [0.2, 0.25) is 0 Å². The summed E-state index contributed by atoms with van der Waals surface area (Å²) in [4.78, 5) is 0. The number of phenols is 1. The standard InChI is InChI=1S/C6H5O.C6H5.Co.O/c7-6-4-2-1-3-5-6;1-2-4-6-5-3-1;;/h2-5,7H;1-5H;;/q2*-1;;. The Hall–Kier alpha value is -1.45. The van der Waals surface area contributed by atoms with Crippen molar-refractivity contribution in [3.63, 3.8) is 0 Å². The van der Waals surface area contributed by atoms with E-state index in [9.17, 15) is 0 Å². The van der Waals surface area contributed by atoms with Crippen LogP contribution in [-0.4, -0.2) is 5.11 Å². The van der Waals surface area contributed by atoms with Crippen molar-refractivity contribution in [3.05, 3.63) is 66.7 Å². The van der Waals surface area contributed by atoms with Gasteiger partial charge in [-0.2, -0.15) is 54.6 Å². The Morgan fingerprint density at radius 1 is 0.867 bits per heavy atom. The molecule has 0 amide bonds. The molecule has 0 unspecified atom stereocenters. The van der Waals surface area contributed by atoms with E-state index in [1.807, 2.05) is 30.3 Å². The molecule has 2 nitrogen and oxygen atoms in total. The zero-order valence-electron chi connectivity index (χ0n) is 7.88. The summed E-state index contributed by atoms with van der Waals surface area (Å²) in [5.74, 6) is 0.291. The molecular weight excluding hydrogens is 235 g/mol. The largest absolute Gasteiger partial charge is 0.184 e. The molecule has 0 atom stereocenters. The molecule has 0 bridgehead atoms. The number of rotatable bonds is 0. The van der Waals surface area contributed by atoms with E-state index in [1.165, 1.54) is 0 Å².